The van der Waals surface area contributed by atoms with Crippen molar-refractivity contribution in [3.63, 3.8) is 0 Å². The van der Waals surface area contributed by atoms with Crippen LogP contribution in [0.4, 0.5) is 11.4 Å². The van der Waals surface area contributed by atoms with Crippen molar-refractivity contribution in [2.45, 2.75) is 25.7 Å². The number of halogens is 2. The number of rotatable bonds is 2. The quantitative estimate of drug-likeness (QED) is 0.492. The minimum Gasteiger partial charge on any atom is -1.00 e. The Kier molecular flexibility index (Phi) is 29.8. The number of benzene rings is 2. The van der Waals surface area contributed by atoms with Crippen LogP contribution in [-0.4, -0.2) is 40.5 Å². The van der Waals surface area contributed by atoms with Gasteiger partial charge >= 0.3 is 26.2 Å². The normalized spacial score (nSPS) is 13.0. The summed E-state index contributed by atoms with van der Waals surface area (Å²) in [6, 6.07) is 19.7. The van der Waals surface area contributed by atoms with Crippen LogP contribution in [0.3, 0.4) is 0 Å². The number of hydrogen-bond acceptors (Lipinski definition) is 2. The molecule has 0 bridgehead atoms. The molecule has 160 valence electrons. The largest absolute Gasteiger partial charge is 4.00 e. The van der Waals surface area contributed by atoms with Gasteiger partial charge in [-0.3, -0.25) is 0 Å². The summed E-state index contributed by atoms with van der Waals surface area (Å²) in [6.45, 7) is 4.00. The number of nitrogens with zero attached hydrogens (tertiary/aromatic N) is 2. The molecule has 4 rings (SSSR count). The van der Waals surface area contributed by atoms with Crippen LogP contribution in [0.25, 0.3) is 10.6 Å². The van der Waals surface area contributed by atoms with Gasteiger partial charge < -0.3 is 54.1 Å². The summed E-state index contributed by atoms with van der Waals surface area (Å²) >= 11 is 0. The van der Waals surface area contributed by atoms with E-state index in [0.29, 0.717) is 0 Å². The molecule has 0 radical (unpaired) electrons. The predicted molar refractivity (Wildman–Crippen MR) is 111 cm³/mol. The van der Waals surface area contributed by atoms with E-state index in [4.69, 9.17) is 9.47 Å². The predicted octanol–water partition coefficient (Wildman–Crippen LogP) is 0.242. The minimum absolute atomic E-state index is 0. The van der Waals surface area contributed by atoms with Gasteiger partial charge in [-0.2, -0.15) is 0 Å². The average Bonchev–Trinajstić information content (AvgIpc) is 3.48. The molecule has 0 atom stereocenters. The topological polar surface area (TPSA) is 46.7 Å². The molecular formula is C22H32Br2N2O2Zr. The van der Waals surface area contributed by atoms with Gasteiger partial charge in [0.2, 0.25) is 0 Å². The summed E-state index contributed by atoms with van der Waals surface area (Å²) in [4.78, 5) is 0. The van der Waals surface area contributed by atoms with Crippen LogP contribution in [0.5, 0.6) is 0 Å². The van der Waals surface area contributed by atoms with Crippen LogP contribution in [-0.2, 0) is 35.7 Å². The van der Waals surface area contributed by atoms with E-state index < -0.39 is 0 Å². The van der Waals surface area contributed by atoms with Gasteiger partial charge in [0.15, 0.2) is 0 Å². The van der Waals surface area contributed by atoms with Gasteiger partial charge in [-0.1, -0.05) is 60.7 Å². The summed E-state index contributed by atoms with van der Waals surface area (Å²) in [5.74, 6) is 0. The molecule has 0 spiro atoms. The maximum absolute atomic E-state index is 4.94. The Balaban J connectivity index is -0.000000306. The third-order valence-corrected chi connectivity index (χ3v) is 3.68. The van der Waals surface area contributed by atoms with Crippen molar-refractivity contribution in [2.24, 2.45) is 0 Å². The summed E-state index contributed by atoms with van der Waals surface area (Å²) in [5, 5.41) is 7.94. The van der Waals surface area contributed by atoms with Crippen molar-refractivity contribution in [1.82, 2.24) is 0 Å². The zero-order valence-electron chi connectivity index (χ0n) is 17.4. The number of para-hydroxylation sites is 2. The fourth-order valence-electron chi connectivity index (χ4n) is 2.17. The molecular weight excluding hydrogens is 575 g/mol. The molecule has 2 fully saturated rings. The Labute approximate surface area is 217 Å². The van der Waals surface area contributed by atoms with Crippen LogP contribution in [0.2, 0.25) is 0 Å². The van der Waals surface area contributed by atoms with Gasteiger partial charge in [0.1, 0.15) is 0 Å². The van der Waals surface area contributed by atoms with Gasteiger partial charge in [-0.25, -0.2) is 0 Å². The van der Waals surface area contributed by atoms with Gasteiger partial charge in [-0.15, -0.1) is 25.5 Å². The Morgan fingerprint density at radius 2 is 0.828 bits per heavy atom. The smallest absolute Gasteiger partial charge is 1.00 e. The molecule has 2 heterocycles. The molecule has 2 aliphatic heterocycles. The van der Waals surface area contributed by atoms with Crippen molar-refractivity contribution >= 4 is 11.4 Å². The van der Waals surface area contributed by atoms with Gasteiger partial charge in [0.05, 0.1) is 0 Å². The van der Waals surface area contributed by atoms with E-state index >= 15 is 0 Å². The molecule has 0 aliphatic carbocycles. The van der Waals surface area contributed by atoms with E-state index in [1.54, 1.807) is 14.1 Å². The molecule has 29 heavy (non-hydrogen) atoms. The van der Waals surface area contributed by atoms with E-state index in [-0.39, 0.29) is 60.2 Å². The van der Waals surface area contributed by atoms with Crippen LogP contribution < -0.4 is 34.0 Å². The second kappa shape index (κ2) is 25.8. The van der Waals surface area contributed by atoms with Gasteiger partial charge in [0.25, 0.3) is 0 Å². The van der Waals surface area contributed by atoms with E-state index in [9.17, 15) is 0 Å². The third kappa shape index (κ3) is 20.8. The molecule has 2 saturated heterocycles. The Bertz CT molecular complexity index is 464. The summed E-state index contributed by atoms with van der Waals surface area (Å²) in [7, 11) is 3.57. The van der Waals surface area contributed by atoms with Crippen molar-refractivity contribution in [1.29, 1.82) is 0 Å². The van der Waals surface area contributed by atoms with E-state index in [1.165, 1.54) is 25.7 Å². The molecule has 0 amide bonds. The number of hydrogen-bond donors (Lipinski definition) is 0. The van der Waals surface area contributed by atoms with Crippen LogP contribution in [0.15, 0.2) is 60.7 Å². The molecule has 4 nitrogen and oxygen atoms in total. The minimum atomic E-state index is 0. The van der Waals surface area contributed by atoms with Gasteiger partial charge in [0, 0.05) is 26.4 Å². The fourth-order valence-corrected chi connectivity index (χ4v) is 2.17. The first-order valence-corrected chi connectivity index (χ1v) is 9.32. The monoisotopic (exact) mass is 604 g/mol. The molecule has 2 aromatic rings. The standard InChI is InChI=1S/2C7H8N.2C4H8O.2BrH.Zr/c2*1-8-7-5-3-2-4-6-7;2*1-2-4-5-3-1;;;/h2*2-6H,1H3;2*1-4H2;2*1H;/q2*-1;;;;;+4/p-2. The summed E-state index contributed by atoms with van der Waals surface area (Å²) in [5.41, 5.74) is 2.07. The first-order valence-electron chi connectivity index (χ1n) is 9.32. The molecule has 7 heteroatoms. The Morgan fingerprint density at radius 3 is 0.966 bits per heavy atom. The summed E-state index contributed by atoms with van der Waals surface area (Å²) < 4.78 is 9.89. The SMILES string of the molecule is C1CCOC1.C1CCOC1.C[N-]c1ccccc1.C[N-]c1ccccc1.[Br-].[Br-].[Zr+4]. The van der Waals surface area contributed by atoms with Crippen LogP contribution in [0.1, 0.15) is 25.7 Å². The van der Waals surface area contributed by atoms with Crippen molar-refractivity contribution < 1.29 is 69.6 Å². The Hall–Kier alpha value is -0.197. The number of ether oxygens (including phenoxy) is 2. The second-order valence-electron chi connectivity index (χ2n) is 5.76. The fraction of sp³-hybridized carbons (Fsp3) is 0.455. The average molecular weight is 608 g/mol. The molecule has 2 aliphatic rings. The van der Waals surface area contributed by atoms with Crippen molar-refractivity contribution in [3.05, 3.63) is 71.3 Å². The maximum atomic E-state index is 4.94. The first kappa shape index (κ1) is 33.4. The summed E-state index contributed by atoms with van der Waals surface area (Å²) in [6.07, 6.45) is 5.11. The molecule has 0 N–H and O–H groups in total. The molecule has 0 unspecified atom stereocenters. The Morgan fingerprint density at radius 1 is 0.552 bits per heavy atom. The zero-order chi connectivity index (χ0) is 18.7. The van der Waals surface area contributed by atoms with Crippen molar-refractivity contribution in [2.75, 3.05) is 40.5 Å². The van der Waals surface area contributed by atoms with E-state index in [0.717, 1.165) is 37.8 Å². The zero-order valence-corrected chi connectivity index (χ0v) is 23.0. The second-order valence-corrected chi connectivity index (χ2v) is 5.76. The van der Waals surface area contributed by atoms with Crippen LogP contribution in [0, 0.1) is 0 Å². The first-order chi connectivity index (χ1) is 12.9. The van der Waals surface area contributed by atoms with E-state index in [2.05, 4.69) is 10.6 Å². The maximum Gasteiger partial charge on any atom is 4.00 e. The third-order valence-electron chi connectivity index (χ3n) is 3.68. The molecule has 0 aromatic heterocycles. The van der Waals surface area contributed by atoms with E-state index in [1.807, 2.05) is 60.7 Å². The van der Waals surface area contributed by atoms with Crippen molar-refractivity contribution in [3.8, 4) is 0 Å². The van der Waals surface area contributed by atoms with Gasteiger partial charge in [-0.05, 0) is 25.7 Å². The molecule has 2 aromatic carbocycles. The van der Waals surface area contributed by atoms with Crippen LogP contribution >= 0.6 is 0 Å². The molecule has 0 saturated carbocycles.